The van der Waals surface area contributed by atoms with Gasteiger partial charge in [0.15, 0.2) is 0 Å². The lowest BCUT2D eigenvalue weighted by Crippen LogP contribution is -2.18. The van der Waals surface area contributed by atoms with Gasteiger partial charge in [-0.1, -0.05) is 6.58 Å². The Morgan fingerprint density at radius 3 is 2.59 bits per heavy atom. The summed E-state index contributed by atoms with van der Waals surface area (Å²) in [7, 11) is 0. The van der Waals surface area contributed by atoms with Gasteiger partial charge in [-0.25, -0.2) is 0 Å². The Balaban J connectivity index is 3.08. The van der Waals surface area contributed by atoms with Gasteiger partial charge in [-0.2, -0.15) is 0 Å². The zero-order valence-electron chi connectivity index (χ0n) is 9.17. The van der Waals surface area contributed by atoms with Gasteiger partial charge in [-0.15, -0.1) is 13.2 Å². The van der Waals surface area contributed by atoms with Crippen molar-refractivity contribution in [1.29, 1.82) is 0 Å². The number of nitrogen functional groups attached to an aromatic ring is 1. The van der Waals surface area contributed by atoms with E-state index >= 15 is 0 Å². The van der Waals surface area contributed by atoms with Gasteiger partial charge < -0.3 is 15.2 Å². The maximum atomic E-state index is 12.1. The summed E-state index contributed by atoms with van der Waals surface area (Å²) in [4.78, 5) is 0. The molecule has 0 unspecified atom stereocenters. The van der Waals surface area contributed by atoms with Gasteiger partial charge in [0.2, 0.25) is 0 Å². The Morgan fingerprint density at radius 2 is 2.06 bits per heavy atom. The molecule has 0 saturated heterocycles. The van der Waals surface area contributed by atoms with E-state index in [0.29, 0.717) is 12.3 Å². The molecule has 94 valence electrons. The molecule has 0 amide bonds. The van der Waals surface area contributed by atoms with Gasteiger partial charge in [0, 0.05) is 5.69 Å². The summed E-state index contributed by atoms with van der Waals surface area (Å²) in [5.74, 6) is -0.302. The average molecular weight is 247 g/mol. The number of alkyl halides is 3. The fraction of sp³-hybridized carbons (Fsp3) is 0.273. The Kier molecular flexibility index (Phi) is 3.88. The van der Waals surface area contributed by atoms with Crippen molar-refractivity contribution >= 4 is 11.4 Å². The number of hydrogen-bond acceptors (Lipinski definition) is 3. The van der Waals surface area contributed by atoms with E-state index in [1.165, 1.54) is 12.1 Å². The van der Waals surface area contributed by atoms with Crippen molar-refractivity contribution in [2.24, 2.45) is 0 Å². The second-order valence-electron chi connectivity index (χ2n) is 3.16. The fourth-order valence-corrected chi connectivity index (χ4v) is 1.23. The Bertz CT molecular complexity index is 416. The summed E-state index contributed by atoms with van der Waals surface area (Å²) in [5, 5.41) is 0. The molecule has 0 saturated carbocycles. The summed E-state index contributed by atoms with van der Waals surface area (Å²) < 4.78 is 45.3. The standard InChI is InChI=1S/C11H12F3NO2/c1-3-16-7(2)9-6-8(15)4-5-10(9)17-11(12,13)14/h4-6H,2-3,15H2,1H3. The molecule has 2 N–H and O–H groups in total. The van der Waals surface area contributed by atoms with Gasteiger partial charge in [-0.05, 0) is 25.1 Å². The van der Waals surface area contributed by atoms with E-state index in [1.54, 1.807) is 6.92 Å². The molecule has 1 rings (SSSR count). The highest BCUT2D eigenvalue weighted by Crippen LogP contribution is 2.32. The summed E-state index contributed by atoms with van der Waals surface area (Å²) in [5.41, 5.74) is 5.88. The topological polar surface area (TPSA) is 44.5 Å². The third kappa shape index (κ3) is 3.90. The van der Waals surface area contributed by atoms with E-state index in [0.717, 1.165) is 6.07 Å². The predicted octanol–water partition coefficient (Wildman–Crippen LogP) is 3.17. The molecule has 1 aromatic rings. The van der Waals surface area contributed by atoms with E-state index in [2.05, 4.69) is 11.3 Å². The first-order valence-corrected chi connectivity index (χ1v) is 4.81. The number of benzene rings is 1. The Morgan fingerprint density at radius 1 is 1.41 bits per heavy atom. The zero-order valence-corrected chi connectivity index (χ0v) is 9.17. The lowest BCUT2D eigenvalue weighted by atomic mass is 10.1. The van der Waals surface area contributed by atoms with Crippen molar-refractivity contribution < 1.29 is 22.6 Å². The van der Waals surface area contributed by atoms with E-state index in [9.17, 15) is 13.2 Å². The Labute approximate surface area is 96.6 Å². The van der Waals surface area contributed by atoms with Gasteiger partial charge in [-0.3, -0.25) is 0 Å². The maximum Gasteiger partial charge on any atom is 0.573 e. The van der Waals surface area contributed by atoms with Gasteiger partial charge in [0.05, 0.1) is 12.2 Å². The van der Waals surface area contributed by atoms with Crippen molar-refractivity contribution in [2.75, 3.05) is 12.3 Å². The van der Waals surface area contributed by atoms with Crippen LogP contribution < -0.4 is 10.5 Å². The molecule has 0 atom stereocenters. The van der Waals surface area contributed by atoms with Crippen LogP contribution in [0.2, 0.25) is 0 Å². The van der Waals surface area contributed by atoms with Gasteiger partial charge >= 0.3 is 6.36 Å². The van der Waals surface area contributed by atoms with Crippen LogP contribution >= 0.6 is 0 Å². The second-order valence-corrected chi connectivity index (χ2v) is 3.16. The molecule has 0 fully saturated rings. The largest absolute Gasteiger partial charge is 0.573 e. The fourth-order valence-electron chi connectivity index (χ4n) is 1.23. The van der Waals surface area contributed by atoms with E-state index in [1.807, 2.05) is 0 Å². The number of halogens is 3. The van der Waals surface area contributed by atoms with Crippen LogP contribution in [0.5, 0.6) is 5.75 Å². The van der Waals surface area contributed by atoms with Crippen LogP contribution in [0.25, 0.3) is 5.76 Å². The number of nitrogens with two attached hydrogens (primary N) is 1. The van der Waals surface area contributed by atoms with E-state index < -0.39 is 6.36 Å². The van der Waals surface area contributed by atoms with Crippen LogP contribution in [0.1, 0.15) is 12.5 Å². The second kappa shape index (κ2) is 4.99. The minimum atomic E-state index is -4.77. The summed E-state index contributed by atoms with van der Waals surface area (Å²) >= 11 is 0. The van der Waals surface area contributed by atoms with E-state index in [-0.39, 0.29) is 17.1 Å². The summed E-state index contributed by atoms with van der Waals surface area (Å²) in [6.07, 6.45) is -4.77. The molecule has 0 aromatic heterocycles. The molecular formula is C11H12F3NO2. The molecule has 1 aromatic carbocycles. The van der Waals surface area contributed by atoms with Crippen molar-refractivity contribution in [3.8, 4) is 5.75 Å². The van der Waals surface area contributed by atoms with Crippen molar-refractivity contribution in [3.05, 3.63) is 30.3 Å². The lowest BCUT2D eigenvalue weighted by Gasteiger charge is -2.15. The highest BCUT2D eigenvalue weighted by molar-refractivity contribution is 5.67. The predicted molar refractivity (Wildman–Crippen MR) is 58.2 cm³/mol. The molecule has 0 aliphatic heterocycles. The molecule has 0 radical (unpaired) electrons. The molecular weight excluding hydrogens is 235 g/mol. The van der Waals surface area contributed by atoms with Crippen molar-refractivity contribution in [1.82, 2.24) is 0 Å². The van der Waals surface area contributed by atoms with Crippen molar-refractivity contribution in [3.63, 3.8) is 0 Å². The van der Waals surface area contributed by atoms with Gasteiger partial charge in [0.25, 0.3) is 0 Å². The minimum absolute atomic E-state index is 0.0825. The highest BCUT2D eigenvalue weighted by atomic mass is 19.4. The number of ether oxygens (including phenoxy) is 2. The minimum Gasteiger partial charge on any atom is -0.494 e. The molecule has 0 spiro atoms. The molecule has 6 heteroatoms. The van der Waals surface area contributed by atoms with Crippen molar-refractivity contribution in [2.45, 2.75) is 13.3 Å². The first-order valence-electron chi connectivity index (χ1n) is 4.81. The number of anilines is 1. The molecule has 17 heavy (non-hydrogen) atoms. The monoisotopic (exact) mass is 247 g/mol. The SMILES string of the molecule is C=C(OCC)c1cc(N)ccc1OC(F)(F)F. The van der Waals surface area contributed by atoms with Crippen LogP contribution in [0.15, 0.2) is 24.8 Å². The quantitative estimate of drug-likeness (QED) is 0.656. The number of hydrogen-bond donors (Lipinski definition) is 1. The summed E-state index contributed by atoms with van der Waals surface area (Å²) in [6.45, 7) is 5.51. The van der Waals surface area contributed by atoms with E-state index in [4.69, 9.17) is 10.5 Å². The normalized spacial score (nSPS) is 11.1. The van der Waals surface area contributed by atoms with Crippen LogP contribution in [0.4, 0.5) is 18.9 Å². The zero-order chi connectivity index (χ0) is 13.1. The molecule has 0 bridgehead atoms. The third-order valence-electron chi connectivity index (χ3n) is 1.85. The first-order chi connectivity index (χ1) is 7.83. The number of rotatable bonds is 4. The van der Waals surface area contributed by atoms with Crippen LogP contribution in [0, 0.1) is 0 Å². The third-order valence-corrected chi connectivity index (χ3v) is 1.85. The highest BCUT2D eigenvalue weighted by Gasteiger charge is 2.32. The average Bonchev–Trinajstić information content (AvgIpc) is 2.19. The summed E-state index contributed by atoms with van der Waals surface area (Å²) in [6, 6.07) is 3.76. The molecule has 0 aliphatic carbocycles. The van der Waals surface area contributed by atoms with Crippen LogP contribution in [-0.4, -0.2) is 13.0 Å². The van der Waals surface area contributed by atoms with Gasteiger partial charge in [0.1, 0.15) is 11.5 Å². The smallest absolute Gasteiger partial charge is 0.494 e. The lowest BCUT2D eigenvalue weighted by molar-refractivity contribution is -0.274. The van der Waals surface area contributed by atoms with Crippen LogP contribution in [-0.2, 0) is 4.74 Å². The molecule has 0 aliphatic rings. The van der Waals surface area contributed by atoms with Crippen LogP contribution in [0.3, 0.4) is 0 Å². The first kappa shape index (κ1) is 13.2. The maximum absolute atomic E-state index is 12.1. The Hall–Kier alpha value is -1.85. The molecule has 0 heterocycles. The molecule has 3 nitrogen and oxygen atoms in total.